The lowest BCUT2D eigenvalue weighted by molar-refractivity contribution is 0.448. The van der Waals surface area contributed by atoms with Gasteiger partial charge in [-0.25, -0.2) is 9.97 Å². The maximum Gasteiger partial charge on any atom is 0.141 e. The largest absolute Gasteiger partial charge is 0.354 e. The van der Waals surface area contributed by atoms with Crippen LogP contribution < -0.4 is 10.2 Å². The molecule has 1 fully saturated rings. The van der Waals surface area contributed by atoms with Crippen LogP contribution in [0.15, 0.2) is 6.33 Å². The number of aryl methyl sites for hydroxylation is 2. The van der Waals surface area contributed by atoms with E-state index in [0.717, 1.165) is 23.7 Å². The number of rotatable bonds is 2. The van der Waals surface area contributed by atoms with Crippen LogP contribution in [-0.2, 0) is 0 Å². The first-order valence-corrected chi connectivity index (χ1v) is 7.65. The molecule has 1 N–H and O–H groups in total. The van der Waals surface area contributed by atoms with Crippen LogP contribution in [0.1, 0.15) is 23.3 Å². The summed E-state index contributed by atoms with van der Waals surface area (Å²) >= 11 is 1.77. The molecule has 2 aromatic rings. The molecule has 1 saturated heterocycles. The highest BCUT2D eigenvalue weighted by molar-refractivity contribution is 7.18. The Bertz CT molecular complexity index is 592. The van der Waals surface area contributed by atoms with Gasteiger partial charge in [0.2, 0.25) is 0 Å². The van der Waals surface area contributed by atoms with Crippen molar-refractivity contribution in [1.82, 2.24) is 15.3 Å². The lowest BCUT2D eigenvalue weighted by Gasteiger charge is -2.33. The lowest BCUT2D eigenvalue weighted by Crippen LogP contribution is -2.44. The summed E-state index contributed by atoms with van der Waals surface area (Å²) in [6.45, 7) is 6.48. The standard InChI is InChI=1S/C14H20N4S/c1-9-10(2)19-14-12(9)13(16-8-17-14)18-6-4-5-11(7-18)15-3/h8,11,15H,4-7H2,1-3H3. The van der Waals surface area contributed by atoms with E-state index in [9.17, 15) is 0 Å². The number of aromatic nitrogens is 2. The van der Waals surface area contributed by atoms with Crippen LogP contribution in [0, 0.1) is 13.8 Å². The van der Waals surface area contributed by atoms with E-state index in [-0.39, 0.29) is 0 Å². The molecule has 1 aliphatic rings. The van der Waals surface area contributed by atoms with Gasteiger partial charge in [0.15, 0.2) is 0 Å². The molecule has 0 aliphatic carbocycles. The van der Waals surface area contributed by atoms with Gasteiger partial charge in [-0.2, -0.15) is 0 Å². The molecular weight excluding hydrogens is 256 g/mol. The van der Waals surface area contributed by atoms with Crippen LogP contribution in [0.25, 0.3) is 10.2 Å². The van der Waals surface area contributed by atoms with Crippen molar-refractivity contribution in [3.63, 3.8) is 0 Å². The highest BCUT2D eigenvalue weighted by atomic mass is 32.1. The molecule has 1 aliphatic heterocycles. The number of hydrogen-bond acceptors (Lipinski definition) is 5. The van der Waals surface area contributed by atoms with E-state index in [4.69, 9.17) is 0 Å². The summed E-state index contributed by atoms with van der Waals surface area (Å²) in [5, 5.41) is 4.64. The lowest BCUT2D eigenvalue weighted by atomic mass is 10.1. The molecule has 1 unspecified atom stereocenters. The van der Waals surface area contributed by atoms with Gasteiger partial charge in [0.1, 0.15) is 17.0 Å². The Balaban J connectivity index is 2.04. The van der Waals surface area contributed by atoms with E-state index in [2.05, 4.69) is 34.0 Å². The fraction of sp³-hybridized carbons (Fsp3) is 0.571. The summed E-state index contributed by atoms with van der Waals surface area (Å²) in [7, 11) is 2.05. The Morgan fingerprint density at radius 2 is 2.21 bits per heavy atom. The molecule has 0 spiro atoms. The first-order chi connectivity index (χ1) is 9.20. The van der Waals surface area contributed by atoms with Crippen molar-refractivity contribution in [2.45, 2.75) is 32.7 Å². The van der Waals surface area contributed by atoms with Crippen LogP contribution in [-0.4, -0.2) is 36.1 Å². The van der Waals surface area contributed by atoms with Crippen LogP contribution in [0.3, 0.4) is 0 Å². The van der Waals surface area contributed by atoms with Gasteiger partial charge >= 0.3 is 0 Å². The first-order valence-electron chi connectivity index (χ1n) is 6.83. The number of fused-ring (bicyclic) bond motifs is 1. The van der Waals surface area contributed by atoms with E-state index in [1.54, 1.807) is 17.7 Å². The van der Waals surface area contributed by atoms with Crippen LogP contribution >= 0.6 is 11.3 Å². The summed E-state index contributed by atoms with van der Waals surface area (Å²) in [6, 6.07) is 0.568. The minimum atomic E-state index is 0.568. The van der Waals surface area contributed by atoms with Crippen molar-refractivity contribution in [2.75, 3.05) is 25.0 Å². The number of likely N-dealkylation sites (N-methyl/N-ethyl adjacent to an activating group) is 1. The zero-order chi connectivity index (χ0) is 13.4. The molecule has 3 rings (SSSR count). The molecule has 4 nitrogen and oxygen atoms in total. The number of hydrogen-bond donors (Lipinski definition) is 1. The van der Waals surface area contributed by atoms with E-state index in [1.807, 2.05) is 7.05 Å². The normalized spacial score (nSPS) is 20.2. The van der Waals surface area contributed by atoms with Crippen molar-refractivity contribution >= 4 is 27.4 Å². The summed E-state index contributed by atoms with van der Waals surface area (Å²) in [6.07, 6.45) is 4.18. The second-order valence-corrected chi connectivity index (χ2v) is 6.44. The molecule has 0 aromatic carbocycles. The van der Waals surface area contributed by atoms with Gasteiger partial charge in [0.05, 0.1) is 5.39 Å². The maximum absolute atomic E-state index is 4.57. The highest BCUT2D eigenvalue weighted by Crippen LogP contribution is 2.34. The number of nitrogens with one attached hydrogen (secondary N) is 1. The monoisotopic (exact) mass is 276 g/mol. The topological polar surface area (TPSA) is 41.0 Å². The third-order valence-electron chi connectivity index (χ3n) is 4.07. The summed E-state index contributed by atoms with van der Waals surface area (Å²) in [4.78, 5) is 13.9. The van der Waals surface area contributed by atoms with Crippen molar-refractivity contribution in [3.8, 4) is 0 Å². The minimum Gasteiger partial charge on any atom is -0.354 e. The molecule has 102 valence electrons. The predicted octanol–water partition coefficient (Wildman–Crippen LogP) is 2.50. The zero-order valence-corrected chi connectivity index (χ0v) is 12.5. The highest BCUT2D eigenvalue weighted by Gasteiger charge is 2.22. The Hall–Kier alpha value is -1.20. The Morgan fingerprint density at radius 3 is 3.00 bits per heavy atom. The van der Waals surface area contributed by atoms with Gasteiger partial charge in [0, 0.05) is 24.0 Å². The quantitative estimate of drug-likeness (QED) is 0.915. The van der Waals surface area contributed by atoms with Crippen molar-refractivity contribution in [2.24, 2.45) is 0 Å². The molecule has 3 heterocycles. The molecule has 1 atom stereocenters. The van der Waals surface area contributed by atoms with Gasteiger partial charge in [-0.05, 0) is 39.3 Å². The fourth-order valence-electron chi connectivity index (χ4n) is 2.81. The molecule has 0 saturated carbocycles. The van der Waals surface area contributed by atoms with Crippen molar-refractivity contribution < 1.29 is 0 Å². The third kappa shape index (κ3) is 2.21. The zero-order valence-electron chi connectivity index (χ0n) is 11.7. The maximum atomic E-state index is 4.57. The molecule has 0 bridgehead atoms. The number of anilines is 1. The Labute approximate surface area is 117 Å². The second kappa shape index (κ2) is 5.06. The summed E-state index contributed by atoms with van der Waals surface area (Å²) in [5.74, 6) is 1.12. The minimum absolute atomic E-state index is 0.568. The van der Waals surface area contributed by atoms with E-state index < -0.39 is 0 Å². The smallest absolute Gasteiger partial charge is 0.141 e. The SMILES string of the molecule is CNC1CCCN(c2ncnc3sc(C)c(C)c23)C1. The Morgan fingerprint density at radius 1 is 1.37 bits per heavy atom. The Kier molecular flexibility index (Phi) is 3.41. The van der Waals surface area contributed by atoms with E-state index in [1.165, 1.54) is 28.7 Å². The number of thiophene rings is 1. The first kappa shape index (κ1) is 12.8. The number of piperidine rings is 1. The third-order valence-corrected chi connectivity index (χ3v) is 5.19. The van der Waals surface area contributed by atoms with Crippen molar-refractivity contribution in [1.29, 1.82) is 0 Å². The number of nitrogens with zero attached hydrogens (tertiary/aromatic N) is 3. The average molecular weight is 276 g/mol. The van der Waals surface area contributed by atoms with Crippen LogP contribution in [0.5, 0.6) is 0 Å². The molecular formula is C14H20N4S. The summed E-state index contributed by atoms with van der Waals surface area (Å²) in [5.41, 5.74) is 1.34. The van der Waals surface area contributed by atoms with Crippen molar-refractivity contribution in [3.05, 3.63) is 16.8 Å². The van der Waals surface area contributed by atoms with E-state index in [0.29, 0.717) is 6.04 Å². The average Bonchev–Trinajstić information content (AvgIpc) is 2.74. The molecule has 0 radical (unpaired) electrons. The fourth-order valence-corrected chi connectivity index (χ4v) is 3.80. The van der Waals surface area contributed by atoms with Gasteiger partial charge < -0.3 is 10.2 Å². The van der Waals surface area contributed by atoms with Gasteiger partial charge in [-0.1, -0.05) is 0 Å². The van der Waals surface area contributed by atoms with Gasteiger partial charge in [-0.15, -0.1) is 11.3 Å². The van der Waals surface area contributed by atoms with Gasteiger partial charge in [-0.3, -0.25) is 0 Å². The molecule has 5 heteroatoms. The molecule has 19 heavy (non-hydrogen) atoms. The summed E-state index contributed by atoms with van der Waals surface area (Å²) < 4.78 is 0. The van der Waals surface area contributed by atoms with E-state index >= 15 is 0 Å². The second-order valence-electron chi connectivity index (χ2n) is 5.23. The van der Waals surface area contributed by atoms with Crippen LogP contribution in [0.2, 0.25) is 0 Å². The molecule has 0 amide bonds. The predicted molar refractivity (Wildman–Crippen MR) is 81.2 cm³/mol. The molecule has 2 aromatic heterocycles. The van der Waals surface area contributed by atoms with Gasteiger partial charge in [0.25, 0.3) is 0 Å². The van der Waals surface area contributed by atoms with Crippen LogP contribution in [0.4, 0.5) is 5.82 Å².